The van der Waals surface area contributed by atoms with Crippen molar-refractivity contribution >= 4 is 15.7 Å². The summed E-state index contributed by atoms with van der Waals surface area (Å²) in [5.41, 5.74) is 1.25. The van der Waals surface area contributed by atoms with E-state index in [-0.39, 0.29) is 0 Å². The lowest BCUT2D eigenvalue weighted by Crippen LogP contribution is -2.18. The Morgan fingerprint density at radius 2 is 2.56 bits per heavy atom. The molecule has 0 bridgehead atoms. The third-order valence-electron chi connectivity index (χ3n) is 1.39. The van der Waals surface area contributed by atoms with E-state index in [0.29, 0.717) is 0 Å². The van der Waals surface area contributed by atoms with E-state index in [1.807, 2.05) is 12.4 Å². The maximum absolute atomic E-state index is 4.16. The molecule has 9 heavy (non-hydrogen) atoms. The second kappa shape index (κ2) is 2.82. The third-order valence-corrected chi connectivity index (χ3v) is 2.22. The van der Waals surface area contributed by atoms with Crippen molar-refractivity contribution in [3.8, 4) is 0 Å². The van der Waals surface area contributed by atoms with Gasteiger partial charge in [-0.25, -0.2) is 4.98 Å². The average Bonchev–Trinajstić information content (AvgIpc) is 2.18. The van der Waals surface area contributed by atoms with Crippen LogP contribution in [0.3, 0.4) is 0 Å². The molecule has 1 aromatic rings. The molecule has 0 fully saturated rings. The number of hydrogen-bond acceptors (Lipinski definition) is 1. The standard InChI is InChI=1S/C6H12N2Si/c1-2-4-8-5-3-7-6(8)9/h3,5H,2,4H2,1,9H3. The Balaban J connectivity index is 2.69. The van der Waals surface area contributed by atoms with Crippen molar-refractivity contribution in [1.82, 2.24) is 9.55 Å². The molecule has 1 rings (SSSR count). The van der Waals surface area contributed by atoms with Gasteiger partial charge in [-0.1, -0.05) is 6.92 Å². The minimum absolute atomic E-state index is 1.06. The van der Waals surface area contributed by atoms with Crippen molar-refractivity contribution in [2.24, 2.45) is 0 Å². The molecular weight excluding hydrogens is 128 g/mol. The van der Waals surface area contributed by atoms with Gasteiger partial charge in [0.05, 0.1) is 15.7 Å². The summed E-state index contributed by atoms with van der Waals surface area (Å²) in [7, 11) is 1.06. The highest BCUT2D eigenvalue weighted by molar-refractivity contribution is 6.29. The molecule has 0 unspecified atom stereocenters. The van der Waals surface area contributed by atoms with Crippen LogP contribution < -0.4 is 5.45 Å². The first-order valence-electron chi connectivity index (χ1n) is 3.32. The Morgan fingerprint density at radius 3 is 3.00 bits per heavy atom. The molecule has 0 saturated heterocycles. The Morgan fingerprint density at radius 1 is 1.78 bits per heavy atom. The van der Waals surface area contributed by atoms with Crippen LogP contribution in [0, 0.1) is 0 Å². The lowest BCUT2D eigenvalue weighted by atomic mass is 10.5. The van der Waals surface area contributed by atoms with Gasteiger partial charge in [-0.15, -0.1) is 0 Å². The highest BCUT2D eigenvalue weighted by Gasteiger charge is 1.91. The summed E-state index contributed by atoms with van der Waals surface area (Å²) >= 11 is 0. The van der Waals surface area contributed by atoms with E-state index in [1.54, 1.807) is 0 Å². The van der Waals surface area contributed by atoms with Crippen molar-refractivity contribution in [3.63, 3.8) is 0 Å². The molecule has 0 aromatic carbocycles. The molecule has 0 atom stereocenters. The van der Waals surface area contributed by atoms with Gasteiger partial charge in [0.2, 0.25) is 0 Å². The molecule has 0 radical (unpaired) electrons. The summed E-state index contributed by atoms with van der Waals surface area (Å²) in [6.45, 7) is 3.31. The number of aryl methyl sites for hydroxylation is 1. The van der Waals surface area contributed by atoms with E-state index >= 15 is 0 Å². The second-order valence-corrected chi connectivity index (χ2v) is 3.06. The third kappa shape index (κ3) is 1.42. The average molecular weight is 140 g/mol. The van der Waals surface area contributed by atoms with Crippen molar-refractivity contribution in [3.05, 3.63) is 12.4 Å². The minimum atomic E-state index is 1.06. The first-order valence-corrected chi connectivity index (χ1v) is 4.32. The highest BCUT2D eigenvalue weighted by Crippen LogP contribution is 1.84. The van der Waals surface area contributed by atoms with E-state index in [4.69, 9.17) is 0 Å². The smallest absolute Gasteiger partial charge is 0.0841 e. The molecule has 0 spiro atoms. The zero-order valence-electron chi connectivity index (χ0n) is 5.96. The number of rotatable bonds is 2. The van der Waals surface area contributed by atoms with Crippen LogP contribution in [0.1, 0.15) is 13.3 Å². The van der Waals surface area contributed by atoms with Gasteiger partial charge >= 0.3 is 0 Å². The van der Waals surface area contributed by atoms with Gasteiger partial charge in [-0.3, -0.25) is 0 Å². The van der Waals surface area contributed by atoms with Gasteiger partial charge in [0.25, 0.3) is 0 Å². The van der Waals surface area contributed by atoms with Crippen molar-refractivity contribution < 1.29 is 0 Å². The molecule has 50 valence electrons. The number of aromatic nitrogens is 2. The van der Waals surface area contributed by atoms with Crippen LogP contribution in [0.2, 0.25) is 0 Å². The SMILES string of the molecule is CCCn1ccnc1[SiH3]. The lowest BCUT2D eigenvalue weighted by Gasteiger charge is -1.99. The van der Waals surface area contributed by atoms with Crippen LogP contribution in [-0.2, 0) is 6.54 Å². The van der Waals surface area contributed by atoms with Gasteiger partial charge in [0.1, 0.15) is 0 Å². The zero-order valence-corrected chi connectivity index (χ0v) is 7.96. The molecular formula is C6H12N2Si. The number of imidazole rings is 1. The Bertz CT molecular complexity index is 183. The summed E-state index contributed by atoms with van der Waals surface area (Å²) in [6, 6.07) is 0. The monoisotopic (exact) mass is 140 g/mol. The fourth-order valence-electron chi connectivity index (χ4n) is 0.881. The van der Waals surface area contributed by atoms with Crippen LogP contribution >= 0.6 is 0 Å². The molecule has 0 N–H and O–H groups in total. The predicted octanol–water partition coefficient (Wildman–Crippen LogP) is -0.716. The zero-order chi connectivity index (χ0) is 6.69. The summed E-state index contributed by atoms with van der Waals surface area (Å²) in [4.78, 5) is 4.16. The molecule has 3 heteroatoms. The summed E-state index contributed by atoms with van der Waals surface area (Å²) < 4.78 is 2.21. The second-order valence-electron chi connectivity index (χ2n) is 2.17. The molecule has 0 aliphatic heterocycles. The van der Waals surface area contributed by atoms with Crippen LogP contribution in [0.4, 0.5) is 0 Å². The topological polar surface area (TPSA) is 17.8 Å². The van der Waals surface area contributed by atoms with Crippen LogP contribution in [0.15, 0.2) is 12.4 Å². The van der Waals surface area contributed by atoms with E-state index in [9.17, 15) is 0 Å². The van der Waals surface area contributed by atoms with Gasteiger partial charge in [0, 0.05) is 18.9 Å². The Kier molecular flexibility index (Phi) is 2.05. The summed E-state index contributed by atoms with van der Waals surface area (Å²) in [5.74, 6) is 0. The Labute approximate surface area is 58.3 Å². The maximum atomic E-state index is 4.16. The number of nitrogens with zero attached hydrogens (tertiary/aromatic N) is 2. The minimum Gasteiger partial charge on any atom is -0.340 e. The van der Waals surface area contributed by atoms with Crippen molar-refractivity contribution in [1.29, 1.82) is 0 Å². The van der Waals surface area contributed by atoms with Crippen LogP contribution in [0.25, 0.3) is 0 Å². The van der Waals surface area contributed by atoms with Crippen LogP contribution in [-0.4, -0.2) is 19.8 Å². The fourth-order valence-corrected chi connectivity index (χ4v) is 1.40. The quantitative estimate of drug-likeness (QED) is 0.496. The van der Waals surface area contributed by atoms with Gasteiger partial charge in [-0.2, -0.15) is 0 Å². The van der Waals surface area contributed by atoms with Gasteiger partial charge in [0.15, 0.2) is 0 Å². The summed E-state index contributed by atoms with van der Waals surface area (Å²) in [6.07, 6.45) is 5.12. The lowest BCUT2D eigenvalue weighted by molar-refractivity contribution is 0.695. The maximum Gasteiger partial charge on any atom is 0.0841 e. The van der Waals surface area contributed by atoms with Gasteiger partial charge < -0.3 is 4.57 Å². The first kappa shape index (κ1) is 6.55. The van der Waals surface area contributed by atoms with E-state index in [1.165, 1.54) is 11.9 Å². The largest absolute Gasteiger partial charge is 0.340 e. The molecule has 0 aliphatic rings. The predicted molar refractivity (Wildman–Crippen MR) is 42.1 cm³/mol. The molecule has 0 aliphatic carbocycles. The molecule has 2 nitrogen and oxygen atoms in total. The fraction of sp³-hybridized carbons (Fsp3) is 0.500. The van der Waals surface area contributed by atoms with Crippen LogP contribution in [0.5, 0.6) is 0 Å². The van der Waals surface area contributed by atoms with Gasteiger partial charge in [-0.05, 0) is 6.42 Å². The van der Waals surface area contributed by atoms with Crippen molar-refractivity contribution in [2.45, 2.75) is 19.9 Å². The Hall–Kier alpha value is -0.573. The molecule has 0 saturated carbocycles. The first-order chi connectivity index (χ1) is 4.34. The van der Waals surface area contributed by atoms with E-state index < -0.39 is 0 Å². The molecule has 0 amide bonds. The number of hydrogen-bond donors (Lipinski definition) is 0. The highest BCUT2D eigenvalue weighted by atomic mass is 28.1. The molecule has 1 heterocycles. The van der Waals surface area contributed by atoms with E-state index in [0.717, 1.165) is 16.8 Å². The molecule has 1 aromatic heterocycles. The van der Waals surface area contributed by atoms with E-state index in [2.05, 4.69) is 16.5 Å². The normalized spacial score (nSPS) is 10.3. The summed E-state index contributed by atoms with van der Waals surface area (Å²) in [5, 5.41) is 0. The van der Waals surface area contributed by atoms with Crippen molar-refractivity contribution in [2.75, 3.05) is 0 Å².